The van der Waals surface area contributed by atoms with Crippen LogP contribution in [-0.4, -0.2) is 19.1 Å². The highest BCUT2D eigenvalue weighted by atomic mass is 16.5. The number of ether oxygens (including phenoxy) is 1. The summed E-state index contributed by atoms with van der Waals surface area (Å²) in [6.07, 6.45) is 1.38. The van der Waals surface area contributed by atoms with E-state index in [1.807, 2.05) is 31.2 Å². The van der Waals surface area contributed by atoms with Gasteiger partial charge >= 0.3 is 12.0 Å². The maximum absolute atomic E-state index is 11.6. The van der Waals surface area contributed by atoms with E-state index in [1.165, 1.54) is 13.3 Å². The number of aryl methyl sites for hydroxylation is 1. The average Bonchev–Trinajstić information content (AvgIpc) is 2.38. The first-order chi connectivity index (χ1) is 8.61. The Bertz CT molecular complexity index is 505. The van der Waals surface area contributed by atoms with Gasteiger partial charge < -0.3 is 15.4 Å². The molecule has 2 rings (SSSR count). The van der Waals surface area contributed by atoms with E-state index in [0.29, 0.717) is 5.57 Å². The van der Waals surface area contributed by atoms with Gasteiger partial charge in [0.25, 0.3) is 0 Å². The van der Waals surface area contributed by atoms with Gasteiger partial charge in [0.05, 0.1) is 18.7 Å². The maximum atomic E-state index is 11.6. The Morgan fingerprint density at radius 3 is 2.56 bits per heavy atom. The molecule has 1 heterocycles. The van der Waals surface area contributed by atoms with Gasteiger partial charge in [-0.2, -0.15) is 0 Å². The van der Waals surface area contributed by atoms with Gasteiger partial charge in [-0.3, -0.25) is 0 Å². The molecule has 0 aromatic heterocycles. The predicted molar refractivity (Wildman–Crippen MR) is 65.7 cm³/mol. The van der Waals surface area contributed by atoms with Crippen molar-refractivity contribution in [2.75, 3.05) is 7.11 Å². The van der Waals surface area contributed by atoms with Crippen LogP contribution in [0.2, 0.25) is 0 Å². The molecule has 1 aromatic rings. The lowest BCUT2D eigenvalue weighted by atomic mass is 9.97. The minimum absolute atomic E-state index is 0.340. The molecule has 1 aliphatic heterocycles. The Balaban J connectivity index is 2.36. The number of carbonyl (C=O) groups excluding carboxylic acids is 2. The van der Waals surface area contributed by atoms with Crippen LogP contribution in [0.5, 0.6) is 0 Å². The van der Waals surface area contributed by atoms with Gasteiger partial charge in [0, 0.05) is 6.20 Å². The molecule has 2 amide bonds. The topological polar surface area (TPSA) is 67.4 Å². The molecular formula is C13H14N2O3. The van der Waals surface area contributed by atoms with E-state index in [1.54, 1.807) is 0 Å². The van der Waals surface area contributed by atoms with Crippen molar-refractivity contribution >= 4 is 12.0 Å². The van der Waals surface area contributed by atoms with Gasteiger partial charge in [-0.15, -0.1) is 0 Å². The van der Waals surface area contributed by atoms with Crippen molar-refractivity contribution in [2.45, 2.75) is 13.0 Å². The normalized spacial score (nSPS) is 18.4. The summed E-state index contributed by atoms with van der Waals surface area (Å²) in [6, 6.07) is 6.79. The third kappa shape index (κ3) is 2.34. The Morgan fingerprint density at radius 1 is 1.28 bits per heavy atom. The summed E-state index contributed by atoms with van der Waals surface area (Å²) in [4.78, 5) is 23.0. The van der Waals surface area contributed by atoms with Crippen LogP contribution in [-0.2, 0) is 9.53 Å². The molecule has 1 aliphatic rings. The zero-order valence-electron chi connectivity index (χ0n) is 10.2. The first-order valence-electron chi connectivity index (χ1n) is 5.54. The highest BCUT2D eigenvalue weighted by molar-refractivity contribution is 5.93. The van der Waals surface area contributed by atoms with E-state index in [2.05, 4.69) is 10.6 Å². The zero-order valence-corrected chi connectivity index (χ0v) is 10.2. The maximum Gasteiger partial charge on any atom is 0.337 e. The molecule has 94 valence electrons. The molecule has 2 N–H and O–H groups in total. The van der Waals surface area contributed by atoms with Crippen LogP contribution in [0, 0.1) is 6.92 Å². The van der Waals surface area contributed by atoms with E-state index < -0.39 is 12.0 Å². The average molecular weight is 246 g/mol. The summed E-state index contributed by atoms with van der Waals surface area (Å²) in [5.74, 6) is -0.465. The fraction of sp³-hybridized carbons (Fsp3) is 0.231. The monoisotopic (exact) mass is 246 g/mol. The molecule has 0 bridgehead atoms. The molecule has 1 aromatic carbocycles. The summed E-state index contributed by atoms with van der Waals surface area (Å²) in [7, 11) is 1.31. The van der Waals surface area contributed by atoms with E-state index in [0.717, 1.165) is 11.1 Å². The summed E-state index contributed by atoms with van der Waals surface area (Å²) < 4.78 is 4.70. The van der Waals surface area contributed by atoms with Crippen molar-refractivity contribution in [3.8, 4) is 0 Å². The van der Waals surface area contributed by atoms with E-state index in [4.69, 9.17) is 4.74 Å². The van der Waals surface area contributed by atoms with Crippen LogP contribution in [0.3, 0.4) is 0 Å². The highest BCUT2D eigenvalue weighted by Crippen LogP contribution is 2.24. The first-order valence-corrected chi connectivity index (χ1v) is 5.54. The summed E-state index contributed by atoms with van der Waals surface area (Å²) in [5.41, 5.74) is 2.33. The second-order valence-electron chi connectivity index (χ2n) is 4.05. The Labute approximate surface area is 105 Å². The lowest BCUT2D eigenvalue weighted by Crippen LogP contribution is -2.42. The summed E-state index contributed by atoms with van der Waals surface area (Å²) in [5, 5.41) is 5.14. The number of esters is 1. The first kappa shape index (κ1) is 12.2. The quantitative estimate of drug-likeness (QED) is 0.775. The number of urea groups is 1. The number of hydrogen-bond acceptors (Lipinski definition) is 3. The number of amides is 2. The second kappa shape index (κ2) is 4.91. The predicted octanol–water partition coefficient (Wildman–Crippen LogP) is 1.41. The molecule has 0 radical (unpaired) electrons. The van der Waals surface area contributed by atoms with Crippen molar-refractivity contribution in [2.24, 2.45) is 0 Å². The van der Waals surface area contributed by atoms with Crippen LogP contribution in [0.1, 0.15) is 17.2 Å². The van der Waals surface area contributed by atoms with Gasteiger partial charge in [0.1, 0.15) is 0 Å². The number of nitrogens with one attached hydrogen (secondary N) is 2. The van der Waals surface area contributed by atoms with E-state index in [9.17, 15) is 9.59 Å². The molecule has 0 fully saturated rings. The van der Waals surface area contributed by atoms with Crippen LogP contribution >= 0.6 is 0 Å². The SMILES string of the molecule is COC(=O)C1=CNC(=O)NC1c1ccc(C)cc1. The molecule has 0 saturated heterocycles. The number of carbonyl (C=O) groups is 2. The smallest absolute Gasteiger partial charge is 0.337 e. The standard InChI is InChI=1S/C13H14N2O3/c1-8-3-5-9(6-4-8)11-10(12(16)18-2)7-14-13(17)15-11/h3-7,11H,1-2H3,(H2,14,15,17). The van der Waals surface area contributed by atoms with E-state index in [-0.39, 0.29) is 6.03 Å². The number of hydrogen-bond donors (Lipinski definition) is 2. The lowest BCUT2D eigenvalue weighted by Gasteiger charge is -2.24. The van der Waals surface area contributed by atoms with Crippen LogP contribution in [0.4, 0.5) is 4.79 Å². The molecule has 5 nitrogen and oxygen atoms in total. The van der Waals surface area contributed by atoms with Crippen molar-refractivity contribution in [1.29, 1.82) is 0 Å². The second-order valence-corrected chi connectivity index (χ2v) is 4.05. The Morgan fingerprint density at radius 2 is 1.94 bits per heavy atom. The minimum atomic E-state index is -0.480. The molecule has 5 heteroatoms. The van der Waals surface area contributed by atoms with Gasteiger partial charge in [-0.05, 0) is 12.5 Å². The van der Waals surface area contributed by atoms with Gasteiger partial charge in [0.2, 0.25) is 0 Å². The van der Waals surface area contributed by atoms with E-state index >= 15 is 0 Å². The largest absolute Gasteiger partial charge is 0.466 e. The van der Waals surface area contributed by atoms with Crippen LogP contribution in [0.25, 0.3) is 0 Å². The Kier molecular flexibility index (Phi) is 3.32. The van der Waals surface area contributed by atoms with Crippen LogP contribution in [0.15, 0.2) is 36.0 Å². The van der Waals surface area contributed by atoms with Gasteiger partial charge in [-0.25, -0.2) is 9.59 Å². The molecule has 1 unspecified atom stereocenters. The van der Waals surface area contributed by atoms with Gasteiger partial charge in [-0.1, -0.05) is 29.8 Å². The molecule has 1 atom stereocenters. The van der Waals surface area contributed by atoms with Crippen molar-refractivity contribution in [3.63, 3.8) is 0 Å². The number of rotatable bonds is 2. The van der Waals surface area contributed by atoms with Crippen molar-refractivity contribution < 1.29 is 14.3 Å². The number of methoxy groups -OCH3 is 1. The molecule has 0 spiro atoms. The fourth-order valence-electron chi connectivity index (χ4n) is 1.79. The zero-order chi connectivity index (χ0) is 13.1. The highest BCUT2D eigenvalue weighted by Gasteiger charge is 2.28. The molecular weight excluding hydrogens is 232 g/mol. The van der Waals surface area contributed by atoms with Gasteiger partial charge in [0.15, 0.2) is 0 Å². The minimum Gasteiger partial charge on any atom is -0.466 e. The van der Waals surface area contributed by atoms with Crippen molar-refractivity contribution in [3.05, 3.63) is 47.2 Å². The fourth-order valence-corrected chi connectivity index (χ4v) is 1.79. The van der Waals surface area contributed by atoms with Crippen molar-refractivity contribution in [1.82, 2.24) is 10.6 Å². The van der Waals surface area contributed by atoms with Crippen LogP contribution < -0.4 is 10.6 Å². The molecule has 0 aliphatic carbocycles. The third-order valence-electron chi connectivity index (χ3n) is 2.78. The summed E-state index contributed by atoms with van der Waals surface area (Å²) >= 11 is 0. The third-order valence-corrected chi connectivity index (χ3v) is 2.78. The molecule has 0 saturated carbocycles. The lowest BCUT2D eigenvalue weighted by molar-refractivity contribution is -0.136. The number of benzene rings is 1. The summed E-state index contributed by atoms with van der Waals surface area (Å²) in [6.45, 7) is 1.97. The Hall–Kier alpha value is -2.30. The molecule has 18 heavy (non-hydrogen) atoms.